The van der Waals surface area contributed by atoms with Gasteiger partial charge in [0.2, 0.25) is 0 Å². The second-order valence-electron chi connectivity index (χ2n) is 15.5. The lowest BCUT2D eigenvalue weighted by Gasteiger charge is -2.24. The molecule has 0 radical (unpaired) electrons. The smallest absolute Gasteiger partial charge is 0.309 e. The van der Waals surface area contributed by atoms with E-state index in [0.717, 1.165) is 61.0 Å². The fraction of sp³-hybridized carbons (Fsp3) is 0.0755. The van der Waals surface area contributed by atoms with Crippen LogP contribution in [0.1, 0.15) is 27.8 Å². The quantitative estimate of drug-likeness (QED) is 0.159. The minimum Gasteiger partial charge on any atom is -0.309 e. The molecule has 0 atom stereocenters. The average molecular weight is 826 g/mol. The van der Waals surface area contributed by atoms with Crippen LogP contribution in [0.15, 0.2) is 164 Å². The Labute approximate surface area is 351 Å². The molecule has 0 saturated heterocycles. The van der Waals surface area contributed by atoms with Crippen molar-refractivity contribution in [1.29, 1.82) is 5.26 Å². The van der Waals surface area contributed by atoms with Gasteiger partial charge in [0.05, 0.1) is 50.1 Å². The molecule has 62 heavy (non-hydrogen) atoms. The number of rotatable bonds is 5. The zero-order chi connectivity index (χ0) is 43.1. The Morgan fingerprint density at radius 3 is 1.32 bits per heavy atom. The van der Waals surface area contributed by atoms with Crippen LogP contribution in [0.4, 0.5) is 26.3 Å². The number of alkyl halides is 6. The van der Waals surface area contributed by atoms with Crippen LogP contribution in [-0.4, -0.2) is 9.13 Å². The Bertz CT molecular complexity index is 3450. The van der Waals surface area contributed by atoms with Crippen LogP contribution in [0.2, 0.25) is 0 Å². The van der Waals surface area contributed by atoms with Crippen molar-refractivity contribution in [3.63, 3.8) is 0 Å². The number of benzene rings is 8. The van der Waals surface area contributed by atoms with Crippen LogP contribution in [0.25, 0.3) is 88.4 Å². The van der Waals surface area contributed by atoms with Gasteiger partial charge in [-0.25, -0.2) is 0 Å². The highest BCUT2D eigenvalue weighted by molar-refractivity contribution is 6.12. The summed E-state index contributed by atoms with van der Waals surface area (Å²) in [6.07, 6.45) is -10.4. The molecule has 0 aliphatic carbocycles. The Morgan fingerprint density at radius 2 is 0.855 bits per heavy atom. The lowest BCUT2D eigenvalue weighted by molar-refractivity contribution is -0.142. The molecule has 10 aromatic rings. The lowest BCUT2D eigenvalue weighted by Crippen LogP contribution is -2.15. The monoisotopic (exact) mass is 825 g/mol. The van der Waals surface area contributed by atoms with E-state index in [9.17, 15) is 5.26 Å². The highest BCUT2D eigenvalue weighted by Crippen LogP contribution is 2.49. The van der Waals surface area contributed by atoms with Crippen molar-refractivity contribution in [1.82, 2.24) is 9.13 Å². The molecular weight excluding hydrogens is 793 g/mol. The van der Waals surface area contributed by atoms with Gasteiger partial charge in [-0.15, -0.1) is 0 Å². The van der Waals surface area contributed by atoms with Gasteiger partial charge in [0, 0.05) is 32.7 Å². The first-order valence-corrected chi connectivity index (χ1v) is 19.9. The van der Waals surface area contributed by atoms with E-state index in [-0.39, 0.29) is 22.5 Å². The Hall–Kier alpha value is -7.57. The molecule has 9 heteroatoms. The molecule has 0 N–H and O–H groups in total. The Kier molecular flexibility index (Phi) is 8.89. The third-order valence-electron chi connectivity index (χ3n) is 11.9. The van der Waals surface area contributed by atoms with E-state index in [1.807, 2.05) is 135 Å². The highest BCUT2D eigenvalue weighted by atomic mass is 19.4. The summed E-state index contributed by atoms with van der Waals surface area (Å²) in [4.78, 5) is 0. The number of nitrogens with zero attached hydrogens (tertiary/aromatic N) is 3. The predicted molar refractivity (Wildman–Crippen MR) is 236 cm³/mol. The van der Waals surface area contributed by atoms with Gasteiger partial charge in [-0.3, -0.25) is 0 Å². The van der Waals surface area contributed by atoms with Crippen LogP contribution in [-0.2, 0) is 12.4 Å². The van der Waals surface area contributed by atoms with Crippen LogP contribution in [0.3, 0.4) is 0 Å². The second kappa shape index (κ2) is 14.3. The summed E-state index contributed by atoms with van der Waals surface area (Å²) in [6.45, 7) is 3.96. The summed E-state index contributed by atoms with van der Waals surface area (Å²) in [5, 5.41) is 14.2. The molecule has 0 saturated carbocycles. The zero-order valence-corrected chi connectivity index (χ0v) is 33.2. The van der Waals surface area contributed by atoms with Crippen LogP contribution < -0.4 is 0 Å². The van der Waals surface area contributed by atoms with Gasteiger partial charge >= 0.3 is 12.4 Å². The molecule has 0 spiro atoms. The van der Waals surface area contributed by atoms with Crippen molar-refractivity contribution in [2.45, 2.75) is 26.2 Å². The Balaban J connectivity index is 1.39. The van der Waals surface area contributed by atoms with E-state index in [1.165, 1.54) is 12.1 Å². The van der Waals surface area contributed by atoms with E-state index in [2.05, 4.69) is 6.07 Å². The molecule has 0 aliphatic rings. The molecule has 3 nitrogen and oxygen atoms in total. The van der Waals surface area contributed by atoms with Crippen molar-refractivity contribution in [3.8, 4) is 50.8 Å². The van der Waals surface area contributed by atoms with Crippen molar-refractivity contribution in [3.05, 3.63) is 192 Å². The minimum atomic E-state index is -5.18. The molecule has 2 heterocycles. The number of hydrogen-bond acceptors (Lipinski definition) is 1. The first-order valence-electron chi connectivity index (χ1n) is 19.9. The summed E-state index contributed by atoms with van der Waals surface area (Å²) in [5.41, 5.74) is 3.75. The van der Waals surface area contributed by atoms with E-state index >= 15 is 26.3 Å². The molecule has 2 aromatic heterocycles. The fourth-order valence-corrected chi connectivity index (χ4v) is 9.14. The maximum atomic E-state index is 15.3. The fourth-order valence-electron chi connectivity index (χ4n) is 9.14. The van der Waals surface area contributed by atoms with E-state index in [1.54, 1.807) is 21.3 Å². The maximum Gasteiger partial charge on any atom is 0.417 e. The van der Waals surface area contributed by atoms with E-state index < -0.39 is 29.0 Å². The number of fused-ring (bicyclic) bond motifs is 6. The topological polar surface area (TPSA) is 33.6 Å². The van der Waals surface area contributed by atoms with Crippen molar-refractivity contribution in [2.75, 3.05) is 0 Å². The second-order valence-corrected chi connectivity index (χ2v) is 15.5. The molecule has 0 aliphatic heterocycles. The summed E-state index contributed by atoms with van der Waals surface area (Å²) in [7, 11) is 0. The van der Waals surface area contributed by atoms with Crippen LogP contribution in [0, 0.1) is 25.2 Å². The summed E-state index contributed by atoms with van der Waals surface area (Å²) < 4.78 is 95.3. The lowest BCUT2D eigenvalue weighted by atomic mass is 9.90. The average Bonchev–Trinajstić information content (AvgIpc) is 3.77. The van der Waals surface area contributed by atoms with E-state index in [0.29, 0.717) is 34.2 Å². The molecule has 0 bridgehead atoms. The molecule has 8 aromatic carbocycles. The molecule has 10 rings (SSSR count). The first-order chi connectivity index (χ1) is 29.8. The number of hydrogen-bond donors (Lipinski definition) is 0. The first kappa shape index (κ1) is 38.6. The third kappa shape index (κ3) is 6.13. The van der Waals surface area contributed by atoms with Crippen molar-refractivity contribution < 1.29 is 26.3 Å². The summed E-state index contributed by atoms with van der Waals surface area (Å²) in [5.74, 6) is 0. The van der Waals surface area contributed by atoms with Gasteiger partial charge in [-0.05, 0) is 95.8 Å². The van der Waals surface area contributed by atoms with Gasteiger partial charge < -0.3 is 9.13 Å². The van der Waals surface area contributed by atoms with Gasteiger partial charge in [0.1, 0.15) is 6.07 Å². The highest BCUT2D eigenvalue weighted by Gasteiger charge is 2.42. The summed E-state index contributed by atoms with van der Waals surface area (Å²) in [6, 6.07) is 49.2. The molecule has 0 amide bonds. The predicted octanol–water partition coefficient (Wildman–Crippen LogP) is 15.4. The van der Waals surface area contributed by atoms with Crippen LogP contribution >= 0.6 is 0 Å². The van der Waals surface area contributed by atoms with Crippen LogP contribution in [0.5, 0.6) is 0 Å². The van der Waals surface area contributed by atoms with Crippen molar-refractivity contribution >= 4 is 43.6 Å². The molecular formula is C53H33F6N3. The SMILES string of the molecule is Cc1ccccc1-c1ccc2c3ccccc3n(-c3cc(-c4c(C(F)(F)F)cccc4C(F)(F)F)c(-n4c5ccccc5c5ccc(-c6ccccc6C)cc54)cc3C#N)c2c1. The summed E-state index contributed by atoms with van der Waals surface area (Å²) >= 11 is 0. The Morgan fingerprint density at radius 1 is 0.419 bits per heavy atom. The molecule has 302 valence electrons. The standard InChI is InChI=1S/C53H33F6N3/c1-31-12-3-5-14-36(31)33-22-24-40-38-16-7-9-20-45(38)61(48(40)26-33)47-29-42(51-43(52(54,55)56)18-11-19-44(51)53(57,58)59)50(28-35(47)30-60)62-46-21-10-8-17-39(46)41-25-23-34(27-49(41)62)37-15-6-4-13-32(37)2/h3-29H,1-2H3. The largest absolute Gasteiger partial charge is 0.417 e. The number of aryl methyl sites for hydroxylation is 2. The number of nitriles is 1. The number of halogens is 6. The number of para-hydroxylation sites is 2. The molecule has 0 unspecified atom stereocenters. The minimum absolute atomic E-state index is 0.0120. The van der Waals surface area contributed by atoms with Gasteiger partial charge in [0.25, 0.3) is 0 Å². The zero-order valence-electron chi connectivity index (χ0n) is 33.2. The maximum absolute atomic E-state index is 15.3. The van der Waals surface area contributed by atoms with Crippen molar-refractivity contribution in [2.24, 2.45) is 0 Å². The van der Waals surface area contributed by atoms with Gasteiger partial charge in [0.15, 0.2) is 0 Å². The number of aromatic nitrogens is 2. The molecule has 0 fully saturated rings. The normalized spacial score (nSPS) is 12.2. The van der Waals surface area contributed by atoms with Gasteiger partial charge in [-0.2, -0.15) is 31.6 Å². The third-order valence-corrected chi connectivity index (χ3v) is 11.9. The van der Waals surface area contributed by atoms with E-state index in [4.69, 9.17) is 0 Å². The van der Waals surface area contributed by atoms with Gasteiger partial charge in [-0.1, -0.05) is 115 Å².